The Hall–Kier alpha value is -3.45. The molecule has 39 heavy (non-hydrogen) atoms. The molecule has 1 saturated carbocycles. The lowest BCUT2D eigenvalue weighted by Crippen LogP contribution is -2.56. The van der Waals surface area contributed by atoms with E-state index in [0.717, 1.165) is 61.5 Å². The van der Waals surface area contributed by atoms with E-state index in [2.05, 4.69) is 39.4 Å². The lowest BCUT2D eigenvalue weighted by molar-refractivity contribution is 0.316. The summed E-state index contributed by atoms with van der Waals surface area (Å²) in [4.78, 5) is 10.0. The molecule has 0 bridgehead atoms. The molecule has 1 aliphatic carbocycles. The lowest BCUT2D eigenvalue weighted by Gasteiger charge is -2.47. The second kappa shape index (κ2) is 10.6. The van der Waals surface area contributed by atoms with E-state index in [0.29, 0.717) is 29.6 Å². The van der Waals surface area contributed by atoms with Gasteiger partial charge in [-0.25, -0.2) is 18.5 Å². The van der Waals surface area contributed by atoms with Crippen LogP contribution in [0.2, 0.25) is 0 Å². The van der Waals surface area contributed by atoms with E-state index in [9.17, 15) is 13.7 Å². The Bertz CT molecular complexity index is 1490. The van der Waals surface area contributed by atoms with Crippen LogP contribution in [0, 0.1) is 17.2 Å². The number of primary sulfonamides is 1. The highest BCUT2D eigenvalue weighted by Crippen LogP contribution is 2.38. The fourth-order valence-corrected chi connectivity index (χ4v) is 7.29. The van der Waals surface area contributed by atoms with E-state index in [4.69, 9.17) is 10.1 Å². The number of sulfonamides is 1. The van der Waals surface area contributed by atoms with Gasteiger partial charge in [-0.2, -0.15) is 5.26 Å². The van der Waals surface area contributed by atoms with Gasteiger partial charge in [-0.05, 0) is 78.9 Å². The molecular formula is C30H34N6O2S. The molecular weight excluding hydrogens is 508 g/mol. The summed E-state index contributed by atoms with van der Waals surface area (Å²) in [5, 5.41) is 18.5. The van der Waals surface area contributed by atoms with Gasteiger partial charge in [-0.1, -0.05) is 25.0 Å². The van der Waals surface area contributed by atoms with Crippen LogP contribution in [0.1, 0.15) is 37.7 Å². The largest absolute Gasteiger partial charge is 0.371 e. The summed E-state index contributed by atoms with van der Waals surface area (Å²) in [6.45, 7) is 2.85. The molecule has 3 aliphatic rings. The number of anilines is 2. The molecule has 2 aliphatic heterocycles. The van der Waals surface area contributed by atoms with Gasteiger partial charge in [-0.15, -0.1) is 0 Å². The van der Waals surface area contributed by atoms with Crippen molar-refractivity contribution in [2.24, 2.45) is 11.1 Å². The Labute approximate surface area is 230 Å². The number of fused-ring (bicyclic) bond motifs is 2. The topological polar surface area (TPSA) is 115 Å². The Kier molecular flexibility index (Phi) is 7.02. The third-order valence-electron chi connectivity index (χ3n) is 8.65. The molecule has 3 fully saturated rings. The number of rotatable bonds is 4. The molecule has 4 atom stereocenters. The maximum Gasteiger partial charge on any atom is 0.238 e. The average Bonchev–Trinajstić information content (AvgIpc) is 3.13. The summed E-state index contributed by atoms with van der Waals surface area (Å²) in [5.41, 5.74) is 3.59. The fraction of sp³-hybridized carbons (Fsp3) is 0.400. The van der Waals surface area contributed by atoms with Crippen LogP contribution in [-0.2, 0) is 10.0 Å². The van der Waals surface area contributed by atoms with Crippen LogP contribution in [0.15, 0.2) is 71.8 Å². The van der Waals surface area contributed by atoms with Crippen LogP contribution >= 0.6 is 0 Å². The Morgan fingerprint density at radius 1 is 0.974 bits per heavy atom. The number of pyridine rings is 1. The predicted octanol–water partition coefficient (Wildman–Crippen LogP) is 3.88. The number of piperidine rings is 1. The number of hydrogen-bond donors (Lipinski definition) is 2. The van der Waals surface area contributed by atoms with Gasteiger partial charge >= 0.3 is 0 Å². The first-order chi connectivity index (χ1) is 18.9. The van der Waals surface area contributed by atoms with Crippen molar-refractivity contribution in [1.82, 2.24) is 10.3 Å². The molecule has 0 amide bonds. The third kappa shape index (κ3) is 5.24. The SMILES string of the molecule is N#Cc1ccc(N2CCC3C(CNC4CCCCC4N3c3cc(-c4cccc(S(N)(=O)=O)c4)ccn3)C2)cc1. The van der Waals surface area contributed by atoms with Crippen LogP contribution < -0.4 is 20.3 Å². The van der Waals surface area contributed by atoms with Crippen molar-refractivity contribution in [3.8, 4) is 17.2 Å². The average molecular weight is 543 g/mol. The highest BCUT2D eigenvalue weighted by molar-refractivity contribution is 7.89. The van der Waals surface area contributed by atoms with Gasteiger partial charge in [0.15, 0.2) is 0 Å². The van der Waals surface area contributed by atoms with Crippen LogP contribution in [0.25, 0.3) is 11.1 Å². The van der Waals surface area contributed by atoms with Crippen LogP contribution in [0.4, 0.5) is 11.5 Å². The standard InChI is InChI=1S/C30H34N6O2S/c31-18-21-8-10-25(11-9-21)35-15-13-28-24(20-35)19-34-27-6-1-2-7-29(27)36(28)30-17-23(12-14-33-30)22-4-3-5-26(16-22)39(32,37)38/h3-5,8-12,14,16-17,24,27-29,34H,1-2,6-7,13,15,19-20H2,(H2,32,37,38). The van der Waals surface area contributed by atoms with Gasteiger partial charge in [0, 0.05) is 55.6 Å². The minimum absolute atomic E-state index is 0.111. The summed E-state index contributed by atoms with van der Waals surface area (Å²) >= 11 is 0. The molecule has 6 rings (SSSR count). The summed E-state index contributed by atoms with van der Waals surface area (Å²) in [6, 6.07) is 22.1. The van der Waals surface area contributed by atoms with Crippen LogP contribution in [0.3, 0.4) is 0 Å². The van der Waals surface area contributed by atoms with Gasteiger partial charge in [0.25, 0.3) is 0 Å². The molecule has 2 saturated heterocycles. The molecule has 0 radical (unpaired) electrons. The first kappa shape index (κ1) is 25.8. The van der Waals surface area contributed by atoms with Crippen molar-refractivity contribution >= 4 is 21.5 Å². The van der Waals surface area contributed by atoms with Crippen molar-refractivity contribution < 1.29 is 8.42 Å². The smallest absolute Gasteiger partial charge is 0.238 e. The quantitative estimate of drug-likeness (QED) is 0.514. The van der Waals surface area contributed by atoms with Crippen molar-refractivity contribution in [3.63, 3.8) is 0 Å². The zero-order valence-corrected chi connectivity index (χ0v) is 22.7. The molecule has 3 N–H and O–H groups in total. The lowest BCUT2D eigenvalue weighted by atomic mass is 9.86. The van der Waals surface area contributed by atoms with Crippen molar-refractivity contribution in [1.29, 1.82) is 5.26 Å². The van der Waals surface area contributed by atoms with Gasteiger partial charge in [0.05, 0.1) is 16.5 Å². The first-order valence-corrected chi connectivity index (χ1v) is 15.3. The van der Waals surface area contributed by atoms with Crippen molar-refractivity contribution in [2.75, 3.05) is 29.4 Å². The minimum Gasteiger partial charge on any atom is -0.371 e. The molecule has 3 heterocycles. The van der Waals surface area contributed by atoms with Gasteiger partial charge < -0.3 is 15.1 Å². The Morgan fingerprint density at radius 2 is 1.77 bits per heavy atom. The Balaban J connectivity index is 1.34. The molecule has 0 spiro atoms. The molecule has 1 aromatic heterocycles. The third-order valence-corrected chi connectivity index (χ3v) is 9.56. The fourth-order valence-electron chi connectivity index (χ4n) is 6.73. The monoisotopic (exact) mass is 542 g/mol. The van der Waals surface area contributed by atoms with Crippen LogP contribution in [0.5, 0.6) is 0 Å². The summed E-state index contributed by atoms with van der Waals surface area (Å²) in [6.07, 6.45) is 7.60. The molecule has 4 unspecified atom stereocenters. The summed E-state index contributed by atoms with van der Waals surface area (Å²) in [7, 11) is -3.79. The minimum atomic E-state index is -3.79. The van der Waals surface area contributed by atoms with E-state index in [1.165, 1.54) is 18.9 Å². The second-order valence-corrected chi connectivity index (χ2v) is 12.5. The normalized spacial score (nSPS) is 25.2. The van der Waals surface area contributed by atoms with Gasteiger partial charge in [0.2, 0.25) is 10.0 Å². The zero-order chi connectivity index (χ0) is 27.0. The van der Waals surface area contributed by atoms with Gasteiger partial charge in [-0.3, -0.25) is 0 Å². The maximum absolute atomic E-state index is 12.0. The molecule has 3 aromatic rings. The van der Waals surface area contributed by atoms with Crippen molar-refractivity contribution in [2.45, 2.75) is 55.1 Å². The molecule has 9 heteroatoms. The van der Waals surface area contributed by atoms with E-state index in [1.54, 1.807) is 12.1 Å². The van der Waals surface area contributed by atoms with E-state index in [1.807, 2.05) is 30.5 Å². The number of nitrogens with zero attached hydrogens (tertiary/aromatic N) is 4. The van der Waals surface area contributed by atoms with E-state index >= 15 is 0 Å². The molecule has 8 nitrogen and oxygen atoms in total. The van der Waals surface area contributed by atoms with Crippen LogP contribution in [-0.4, -0.2) is 51.2 Å². The maximum atomic E-state index is 12.0. The molecule has 202 valence electrons. The summed E-state index contributed by atoms with van der Waals surface area (Å²) in [5.74, 6) is 1.37. The molecule has 2 aromatic carbocycles. The highest BCUT2D eigenvalue weighted by Gasteiger charge is 2.43. The predicted molar refractivity (Wildman–Crippen MR) is 153 cm³/mol. The van der Waals surface area contributed by atoms with E-state index in [-0.39, 0.29) is 4.90 Å². The van der Waals surface area contributed by atoms with Gasteiger partial charge in [0.1, 0.15) is 5.82 Å². The highest BCUT2D eigenvalue weighted by atomic mass is 32.2. The first-order valence-electron chi connectivity index (χ1n) is 13.8. The number of nitrogens with two attached hydrogens (primary N) is 1. The summed E-state index contributed by atoms with van der Waals surface area (Å²) < 4.78 is 24.0. The zero-order valence-electron chi connectivity index (χ0n) is 21.9. The second-order valence-electron chi connectivity index (χ2n) is 11.0. The number of hydrogen-bond acceptors (Lipinski definition) is 7. The number of nitrogens with one attached hydrogen (secondary N) is 1. The Morgan fingerprint density at radius 3 is 2.56 bits per heavy atom. The van der Waals surface area contributed by atoms with E-state index < -0.39 is 10.0 Å². The number of benzene rings is 2. The van der Waals surface area contributed by atoms with Crippen molar-refractivity contribution in [3.05, 3.63) is 72.4 Å². The number of aromatic nitrogens is 1. The number of nitriles is 1.